The van der Waals surface area contributed by atoms with Crippen molar-refractivity contribution in [1.82, 2.24) is 4.90 Å². The predicted molar refractivity (Wildman–Crippen MR) is 88.3 cm³/mol. The van der Waals surface area contributed by atoms with Gasteiger partial charge in [0.1, 0.15) is 0 Å². The van der Waals surface area contributed by atoms with Crippen LogP contribution >= 0.6 is 0 Å². The lowest BCUT2D eigenvalue weighted by molar-refractivity contribution is 0.0116. The van der Waals surface area contributed by atoms with Crippen molar-refractivity contribution >= 4 is 0 Å². The van der Waals surface area contributed by atoms with E-state index in [-0.39, 0.29) is 0 Å². The van der Waals surface area contributed by atoms with Crippen LogP contribution in [0.4, 0.5) is 0 Å². The van der Waals surface area contributed by atoms with Gasteiger partial charge in [-0.3, -0.25) is 0 Å². The summed E-state index contributed by atoms with van der Waals surface area (Å²) in [4.78, 5) is 2.31. The molecular weight excluding hydrogens is 260 g/mol. The van der Waals surface area contributed by atoms with Gasteiger partial charge in [-0.15, -0.1) is 0 Å². The number of hydrogen-bond donors (Lipinski definition) is 2. The van der Waals surface area contributed by atoms with Gasteiger partial charge in [-0.2, -0.15) is 0 Å². The van der Waals surface area contributed by atoms with Crippen LogP contribution < -0.4 is 5.73 Å². The van der Waals surface area contributed by atoms with E-state index in [1.165, 1.54) is 18.4 Å². The minimum absolute atomic E-state index is 0.459. The predicted octanol–water partition coefficient (Wildman–Crippen LogP) is 2.60. The Bertz CT molecular complexity index is 427. The number of benzene rings is 1. The average molecular weight is 290 g/mol. The second-order valence-electron chi connectivity index (χ2n) is 7.21. The Morgan fingerprint density at radius 2 is 1.90 bits per heavy atom. The van der Waals surface area contributed by atoms with Crippen LogP contribution in [-0.4, -0.2) is 41.8 Å². The topological polar surface area (TPSA) is 49.5 Å². The van der Waals surface area contributed by atoms with Gasteiger partial charge in [-0.1, -0.05) is 30.3 Å². The molecule has 0 spiro atoms. The highest BCUT2D eigenvalue weighted by Crippen LogP contribution is 2.37. The summed E-state index contributed by atoms with van der Waals surface area (Å²) < 4.78 is 0. The maximum atomic E-state index is 10.1. The van der Waals surface area contributed by atoms with Crippen molar-refractivity contribution in [2.75, 3.05) is 20.1 Å². The average Bonchev–Trinajstić information content (AvgIpc) is 2.45. The van der Waals surface area contributed by atoms with Gasteiger partial charge in [-0.25, -0.2) is 0 Å². The molecule has 1 saturated carbocycles. The van der Waals surface area contributed by atoms with Crippen LogP contribution in [0.2, 0.25) is 0 Å². The Labute approximate surface area is 129 Å². The number of hydrogen-bond acceptors (Lipinski definition) is 3. The molecular formula is C18H30N2O. The zero-order valence-corrected chi connectivity index (χ0v) is 13.6. The molecule has 2 rings (SSSR count). The zero-order valence-electron chi connectivity index (χ0n) is 13.6. The van der Waals surface area contributed by atoms with Crippen LogP contribution in [0.1, 0.15) is 44.6 Å². The molecule has 118 valence electrons. The standard InChI is InChI=1S/C18H30N2O/c1-18(2,21)13-20(3)17-11-15(9-10-16(17)12-19)14-7-5-4-6-8-14/h4-8,15-17,21H,9-13,19H2,1-3H3. The van der Waals surface area contributed by atoms with Gasteiger partial charge >= 0.3 is 0 Å². The first-order valence-corrected chi connectivity index (χ1v) is 8.08. The number of aliphatic hydroxyl groups is 1. The van der Waals surface area contributed by atoms with Crippen LogP contribution in [0.25, 0.3) is 0 Å². The molecule has 1 fully saturated rings. The lowest BCUT2D eigenvalue weighted by Gasteiger charge is -2.42. The normalized spacial score (nSPS) is 27.0. The third kappa shape index (κ3) is 4.53. The van der Waals surface area contributed by atoms with Gasteiger partial charge in [0, 0.05) is 12.6 Å². The fraction of sp³-hybridized carbons (Fsp3) is 0.667. The van der Waals surface area contributed by atoms with Crippen molar-refractivity contribution in [3.63, 3.8) is 0 Å². The fourth-order valence-electron chi connectivity index (χ4n) is 3.78. The number of rotatable bonds is 5. The molecule has 1 aliphatic rings. The first-order chi connectivity index (χ1) is 9.90. The van der Waals surface area contributed by atoms with E-state index in [2.05, 4.69) is 42.3 Å². The number of nitrogens with two attached hydrogens (primary N) is 1. The molecule has 3 unspecified atom stereocenters. The van der Waals surface area contributed by atoms with E-state index in [4.69, 9.17) is 5.73 Å². The van der Waals surface area contributed by atoms with Crippen molar-refractivity contribution in [1.29, 1.82) is 0 Å². The molecule has 3 atom stereocenters. The van der Waals surface area contributed by atoms with Crippen LogP contribution in [0.3, 0.4) is 0 Å². The monoisotopic (exact) mass is 290 g/mol. The van der Waals surface area contributed by atoms with Gasteiger partial charge in [-0.05, 0) is 64.1 Å². The summed E-state index contributed by atoms with van der Waals surface area (Å²) in [6.45, 7) is 5.18. The van der Waals surface area contributed by atoms with Gasteiger partial charge in [0.2, 0.25) is 0 Å². The van der Waals surface area contributed by atoms with Gasteiger partial charge < -0.3 is 15.7 Å². The van der Waals surface area contributed by atoms with E-state index >= 15 is 0 Å². The molecule has 3 heteroatoms. The minimum Gasteiger partial charge on any atom is -0.389 e. The Morgan fingerprint density at radius 3 is 2.48 bits per heavy atom. The molecule has 0 saturated heterocycles. The molecule has 3 N–H and O–H groups in total. The summed E-state index contributed by atoms with van der Waals surface area (Å²) in [5.41, 5.74) is 6.77. The molecule has 21 heavy (non-hydrogen) atoms. The molecule has 0 aromatic heterocycles. The van der Waals surface area contributed by atoms with E-state index < -0.39 is 5.60 Å². The third-order valence-corrected chi connectivity index (χ3v) is 4.73. The van der Waals surface area contributed by atoms with Crippen LogP contribution in [-0.2, 0) is 0 Å². The van der Waals surface area contributed by atoms with E-state index in [0.717, 1.165) is 13.0 Å². The van der Waals surface area contributed by atoms with Crippen molar-refractivity contribution < 1.29 is 5.11 Å². The highest BCUT2D eigenvalue weighted by molar-refractivity contribution is 5.20. The maximum absolute atomic E-state index is 10.1. The smallest absolute Gasteiger partial charge is 0.0718 e. The molecule has 0 aliphatic heterocycles. The Kier molecular flexibility index (Phi) is 5.42. The molecule has 1 aromatic carbocycles. The first-order valence-electron chi connectivity index (χ1n) is 8.08. The van der Waals surface area contributed by atoms with Gasteiger partial charge in [0.05, 0.1) is 5.60 Å². The second-order valence-corrected chi connectivity index (χ2v) is 7.21. The minimum atomic E-state index is -0.659. The highest BCUT2D eigenvalue weighted by atomic mass is 16.3. The van der Waals surface area contributed by atoms with Crippen molar-refractivity contribution in [2.45, 2.75) is 50.7 Å². The molecule has 1 aliphatic carbocycles. The summed E-state index contributed by atoms with van der Waals surface area (Å²) >= 11 is 0. The van der Waals surface area contributed by atoms with Crippen molar-refractivity contribution in [3.8, 4) is 0 Å². The lowest BCUT2D eigenvalue weighted by Crippen LogP contribution is -2.49. The van der Waals surface area contributed by atoms with E-state index in [1.54, 1.807) is 0 Å². The highest BCUT2D eigenvalue weighted by Gasteiger charge is 2.34. The fourth-order valence-corrected chi connectivity index (χ4v) is 3.78. The first kappa shape index (κ1) is 16.5. The molecule has 1 aromatic rings. The summed E-state index contributed by atoms with van der Waals surface area (Å²) in [6.07, 6.45) is 3.54. The SMILES string of the molecule is CN(CC(C)(C)O)C1CC(c2ccccc2)CCC1CN. The Hall–Kier alpha value is -0.900. The lowest BCUT2D eigenvalue weighted by atomic mass is 9.75. The second kappa shape index (κ2) is 6.91. The Morgan fingerprint density at radius 1 is 1.24 bits per heavy atom. The Balaban J connectivity index is 2.09. The van der Waals surface area contributed by atoms with Crippen LogP contribution in [0.15, 0.2) is 30.3 Å². The van der Waals surface area contributed by atoms with E-state index in [0.29, 0.717) is 24.4 Å². The van der Waals surface area contributed by atoms with Gasteiger partial charge in [0.15, 0.2) is 0 Å². The van der Waals surface area contributed by atoms with Crippen molar-refractivity contribution in [2.24, 2.45) is 11.7 Å². The quantitative estimate of drug-likeness (QED) is 0.876. The zero-order chi connectivity index (χ0) is 15.5. The molecule has 0 radical (unpaired) electrons. The van der Waals surface area contributed by atoms with Gasteiger partial charge in [0.25, 0.3) is 0 Å². The van der Waals surface area contributed by atoms with E-state index in [9.17, 15) is 5.11 Å². The molecule has 0 amide bonds. The van der Waals surface area contributed by atoms with Crippen LogP contribution in [0.5, 0.6) is 0 Å². The number of nitrogens with zero attached hydrogens (tertiary/aromatic N) is 1. The summed E-state index contributed by atoms with van der Waals surface area (Å²) in [5.74, 6) is 1.15. The summed E-state index contributed by atoms with van der Waals surface area (Å²) in [6, 6.07) is 11.3. The van der Waals surface area contributed by atoms with E-state index in [1.807, 2.05) is 13.8 Å². The summed E-state index contributed by atoms with van der Waals surface area (Å²) in [7, 11) is 2.12. The summed E-state index contributed by atoms with van der Waals surface area (Å²) in [5, 5.41) is 10.1. The molecule has 3 nitrogen and oxygen atoms in total. The third-order valence-electron chi connectivity index (χ3n) is 4.73. The number of likely N-dealkylation sites (N-methyl/N-ethyl adjacent to an activating group) is 1. The van der Waals surface area contributed by atoms with Crippen LogP contribution in [0, 0.1) is 5.92 Å². The maximum Gasteiger partial charge on any atom is 0.0718 e. The van der Waals surface area contributed by atoms with Crippen molar-refractivity contribution in [3.05, 3.63) is 35.9 Å². The molecule has 0 heterocycles. The largest absolute Gasteiger partial charge is 0.389 e. The molecule has 0 bridgehead atoms.